The SMILES string of the molecule is COc1ccc(C(=O)N[C@@H]2CO[C@@H]3[C@@H]2OC[C@H]3OCC(N)=O)cc1. The zero-order valence-corrected chi connectivity index (χ0v) is 13.3. The number of nitrogens with two attached hydrogens (primary N) is 1. The van der Waals surface area contributed by atoms with Gasteiger partial charge < -0.3 is 30.0 Å². The van der Waals surface area contributed by atoms with Crippen LogP contribution in [0, 0.1) is 0 Å². The van der Waals surface area contributed by atoms with Crippen molar-refractivity contribution < 1.29 is 28.5 Å². The summed E-state index contributed by atoms with van der Waals surface area (Å²) in [6, 6.07) is 6.56. The molecule has 1 aromatic carbocycles. The molecule has 4 atom stereocenters. The molecule has 3 N–H and O–H groups in total. The Balaban J connectivity index is 1.57. The van der Waals surface area contributed by atoms with Crippen LogP contribution in [-0.2, 0) is 19.0 Å². The van der Waals surface area contributed by atoms with E-state index in [1.807, 2.05) is 0 Å². The van der Waals surface area contributed by atoms with Crippen LogP contribution in [0.15, 0.2) is 24.3 Å². The summed E-state index contributed by atoms with van der Waals surface area (Å²) in [6.07, 6.45) is -0.971. The number of nitrogens with one attached hydrogen (secondary N) is 1. The first kappa shape index (κ1) is 16.7. The van der Waals surface area contributed by atoms with Crippen LogP contribution in [0.4, 0.5) is 0 Å². The minimum absolute atomic E-state index is 0.177. The van der Waals surface area contributed by atoms with Gasteiger partial charge in [-0.1, -0.05) is 0 Å². The first-order chi connectivity index (χ1) is 11.6. The molecule has 0 radical (unpaired) electrons. The zero-order valence-electron chi connectivity index (χ0n) is 13.3. The molecule has 3 rings (SSSR count). The minimum atomic E-state index is -0.541. The summed E-state index contributed by atoms with van der Waals surface area (Å²) in [4.78, 5) is 23.1. The largest absolute Gasteiger partial charge is 0.497 e. The lowest BCUT2D eigenvalue weighted by Crippen LogP contribution is -2.44. The highest BCUT2D eigenvalue weighted by Crippen LogP contribution is 2.29. The van der Waals surface area contributed by atoms with Gasteiger partial charge in [-0.05, 0) is 24.3 Å². The van der Waals surface area contributed by atoms with Crippen molar-refractivity contribution in [3.63, 3.8) is 0 Å². The summed E-state index contributed by atoms with van der Waals surface area (Å²) >= 11 is 0. The molecule has 8 nitrogen and oxygen atoms in total. The maximum absolute atomic E-state index is 12.3. The Hall–Kier alpha value is -2.16. The van der Waals surface area contributed by atoms with E-state index in [1.165, 1.54) is 0 Å². The number of carbonyl (C=O) groups is 2. The molecule has 0 spiro atoms. The Morgan fingerprint density at radius 2 is 1.92 bits per heavy atom. The molecule has 0 saturated carbocycles. The molecular formula is C16H20N2O6. The monoisotopic (exact) mass is 336 g/mol. The third-order valence-electron chi connectivity index (χ3n) is 4.12. The van der Waals surface area contributed by atoms with E-state index in [0.29, 0.717) is 24.5 Å². The van der Waals surface area contributed by atoms with Crippen LogP contribution in [0.2, 0.25) is 0 Å². The molecule has 24 heavy (non-hydrogen) atoms. The second kappa shape index (κ2) is 7.16. The van der Waals surface area contributed by atoms with Crippen LogP contribution in [0.25, 0.3) is 0 Å². The number of methoxy groups -OCH3 is 1. The summed E-state index contributed by atoms with van der Waals surface area (Å²) in [5, 5.41) is 2.91. The molecule has 0 aliphatic carbocycles. The van der Waals surface area contributed by atoms with Crippen LogP contribution < -0.4 is 15.8 Å². The summed E-state index contributed by atoms with van der Waals surface area (Å²) in [5.74, 6) is -0.0674. The Morgan fingerprint density at radius 1 is 1.21 bits per heavy atom. The van der Waals surface area contributed by atoms with Crippen LogP contribution in [0.1, 0.15) is 10.4 Å². The summed E-state index contributed by atoms with van der Waals surface area (Å²) in [7, 11) is 1.57. The third-order valence-corrected chi connectivity index (χ3v) is 4.12. The lowest BCUT2D eigenvalue weighted by atomic mass is 10.1. The number of amides is 2. The number of rotatable bonds is 6. The van der Waals surface area contributed by atoms with Crippen molar-refractivity contribution in [1.29, 1.82) is 0 Å². The number of carbonyl (C=O) groups excluding carboxylic acids is 2. The highest BCUT2D eigenvalue weighted by Gasteiger charge is 2.48. The number of hydrogen-bond donors (Lipinski definition) is 2. The van der Waals surface area contributed by atoms with Gasteiger partial charge in [0.2, 0.25) is 5.91 Å². The van der Waals surface area contributed by atoms with Crippen molar-refractivity contribution in [1.82, 2.24) is 5.32 Å². The van der Waals surface area contributed by atoms with Crippen LogP contribution in [0.3, 0.4) is 0 Å². The molecule has 2 aliphatic heterocycles. The molecule has 2 heterocycles. The maximum atomic E-state index is 12.3. The second-order valence-corrected chi connectivity index (χ2v) is 5.72. The standard InChI is InChI=1S/C16H20N2O6/c1-21-10-4-2-9(3-5-10)16(20)18-11-6-23-15-12(7-24-14(11)15)22-8-13(17)19/h2-5,11-12,14-15H,6-8H2,1H3,(H2,17,19)(H,18,20)/t11-,12-,14-,15+/m1/s1. The Morgan fingerprint density at radius 3 is 2.58 bits per heavy atom. The van der Waals surface area contributed by atoms with E-state index in [0.717, 1.165) is 0 Å². The molecule has 0 unspecified atom stereocenters. The quantitative estimate of drug-likeness (QED) is 0.722. The van der Waals surface area contributed by atoms with E-state index in [9.17, 15) is 9.59 Å². The van der Waals surface area contributed by atoms with Crippen LogP contribution >= 0.6 is 0 Å². The van der Waals surface area contributed by atoms with E-state index >= 15 is 0 Å². The first-order valence-electron chi connectivity index (χ1n) is 7.66. The van der Waals surface area contributed by atoms with Gasteiger partial charge in [0.25, 0.3) is 5.91 Å². The topological polar surface area (TPSA) is 109 Å². The van der Waals surface area contributed by atoms with E-state index in [4.69, 9.17) is 24.7 Å². The Bertz CT molecular complexity index is 605. The van der Waals surface area contributed by atoms with E-state index < -0.39 is 5.91 Å². The van der Waals surface area contributed by atoms with Gasteiger partial charge in [0.15, 0.2) is 0 Å². The molecule has 130 valence electrons. The van der Waals surface area contributed by atoms with Gasteiger partial charge in [0.1, 0.15) is 30.7 Å². The van der Waals surface area contributed by atoms with Crippen molar-refractivity contribution >= 4 is 11.8 Å². The molecule has 8 heteroatoms. The van der Waals surface area contributed by atoms with Gasteiger partial charge in [-0.15, -0.1) is 0 Å². The van der Waals surface area contributed by atoms with Gasteiger partial charge >= 0.3 is 0 Å². The molecule has 2 fully saturated rings. The van der Waals surface area contributed by atoms with Crippen molar-refractivity contribution in [3.8, 4) is 5.75 Å². The summed E-state index contributed by atoms with van der Waals surface area (Å²) in [5.41, 5.74) is 5.60. The van der Waals surface area contributed by atoms with Gasteiger partial charge in [-0.25, -0.2) is 0 Å². The molecule has 0 bridgehead atoms. The van der Waals surface area contributed by atoms with Gasteiger partial charge in [0, 0.05) is 5.56 Å². The first-order valence-corrected chi connectivity index (χ1v) is 7.66. The van der Waals surface area contributed by atoms with E-state index in [1.54, 1.807) is 31.4 Å². The Labute approximate surface area is 139 Å². The fourth-order valence-corrected chi connectivity index (χ4v) is 2.91. The predicted octanol–water partition coefficient (Wildman–Crippen LogP) is -0.538. The molecule has 1 aromatic rings. The van der Waals surface area contributed by atoms with Crippen LogP contribution in [0.5, 0.6) is 5.75 Å². The van der Waals surface area contributed by atoms with E-state index in [-0.39, 0.29) is 36.9 Å². The third kappa shape index (κ3) is 3.50. The number of hydrogen-bond acceptors (Lipinski definition) is 6. The number of fused-ring (bicyclic) bond motifs is 1. The molecule has 2 saturated heterocycles. The van der Waals surface area contributed by atoms with Crippen molar-refractivity contribution in [2.75, 3.05) is 26.9 Å². The Kier molecular flexibility index (Phi) is 4.98. The number of primary amides is 1. The summed E-state index contributed by atoms with van der Waals surface area (Å²) < 4.78 is 21.8. The smallest absolute Gasteiger partial charge is 0.251 e. The fourth-order valence-electron chi connectivity index (χ4n) is 2.91. The van der Waals surface area contributed by atoms with Gasteiger partial charge in [0.05, 0.1) is 26.4 Å². The van der Waals surface area contributed by atoms with Crippen molar-refractivity contribution in [2.24, 2.45) is 5.73 Å². The highest BCUT2D eigenvalue weighted by molar-refractivity contribution is 5.94. The lowest BCUT2D eigenvalue weighted by Gasteiger charge is -2.18. The molecule has 2 amide bonds. The molecule has 2 aliphatic rings. The highest BCUT2D eigenvalue weighted by atomic mass is 16.6. The van der Waals surface area contributed by atoms with Crippen LogP contribution in [-0.4, -0.2) is 63.1 Å². The predicted molar refractivity (Wildman–Crippen MR) is 82.7 cm³/mol. The maximum Gasteiger partial charge on any atom is 0.251 e. The zero-order chi connectivity index (χ0) is 17.1. The number of ether oxygens (including phenoxy) is 4. The van der Waals surface area contributed by atoms with E-state index in [2.05, 4.69) is 5.32 Å². The lowest BCUT2D eigenvalue weighted by molar-refractivity contribution is -0.126. The molecule has 0 aromatic heterocycles. The van der Waals surface area contributed by atoms with Crippen molar-refractivity contribution in [2.45, 2.75) is 24.4 Å². The summed E-state index contributed by atoms with van der Waals surface area (Å²) in [6.45, 7) is 0.453. The van der Waals surface area contributed by atoms with Gasteiger partial charge in [-0.2, -0.15) is 0 Å². The van der Waals surface area contributed by atoms with Gasteiger partial charge in [-0.3, -0.25) is 9.59 Å². The average molecular weight is 336 g/mol. The molecular weight excluding hydrogens is 316 g/mol. The van der Waals surface area contributed by atoms with Crippen molar-refractivity contribution in [3.05, 3.63) is 29.8 Å². The number of benzene rings is 1. The average Bonchev–Trinajstić information content (AvgIpc) is 3.16. The normalized spacial score (nSPS) is 28.4. The fraction of sp³-hybridized carbons (Fsp3) is 0.500. The second-order valence-electron chi connectivity index (χ2n) is 5.72. The minimum Gasteiger partial charge on any atom is -0.497 e.